The number of anilines is 1. The van der Waals surface area contributed by atoms with Gasteiger partial charge in [-0.1, -0.05) is 29.8 Å². The molecule has 1 fully saturated rings. The first-order valence-electron chi connectivity index (χ1n) is 10.9. The maximum Gasteiger partial charge on any atom is 0.469 e. The molecule has 1 aromatic carbocycles. The molecule has 0 aliphatic carbocycles. The summed E-state index contributed by atoms with van der Waals surface area (Å²) in [5.41, 5.74) is 1.23. The van der Waals surface area contributed by atoms with Gasteiger partial charge in [-0.15, -0.1) is 0 Å². The fraction of sp³-hybridized carbons (Fsp3) is 0.429. The number of rotatable bonds is 10. The number of pyridine rings is 1. The van der Waals surface area contributed by atoms with Gasteiger partial charge in [0.25, 0.3) is 0 Å². The minimum absolute atomic E-state index is 0.0624. The van der Waals surface area contributed by atoms with Crippen LogP contribution in [-0.4, -0.2) is 66.5 Å². The molecular formula is C21H25ClFN4O8P. The van der Waals surface area contributed by atoms with Crippen molar-refractivity contribution in [2.75, 3.05) is 18.5 Å². The fourth-order valence-corrected chi connectivity index (χ4v) is 4.40. The van der Waals surface area contributed by atoms with Crippen molar-refractivity contribution in [2.24, 2.45) is 0 Å². The minimum Gasteiger partial charge on any atom is -0.385 e. The number of aliphatic hydroxyl groups is 2. The lowest BCUT2D eigenvalue weighted by Gasteiger charge is -2.18. The van der Waals surface area contributed by atoms with Crippen LogP contribution >= 0.6 is 19.4 Å². The Morgan fingerprint density at radius 1 is 1.28 bits per heavy atom. The van der Waals surface area contributed by atoms with E-state index < -0.39 is 38.6 Å². The zero-order valence-corrected chi connectivity index (χ0v) is 20.6. The SMILES string of the molecule is C[C@H](Nc1cc(Cl)nc2c1cnn2[C@@H]1O[C@H](OCCCOP(=O)(O)O)[C@@H](O)[C@H]1O)c1ccccc1F. The average Bonchev–Trinajstić information content (AvgIpc) is 3.34. The van der Waals surface area contributed by atoms with Gasteiger partial charge in [-0.3, -0.25) is 4.52 Å². The van der Waals surface area contributed by atoms with E-state index in [9.17, 15) is 19.2 Å². The van der Waals surface area contributed by atoms with Gasteiger partial charge in [0.2, 0.25) is 0 Å². The standard InChI is InChI=1S/C21H25ClFN4O8P/c1-11(12-5-2-3-6-14(12)23)25-15-9-16(22)26-19-13(15)10-24-27(19)20-17(28)18(29)21(35-20)33-7-4-8-34-36(30,31)32/h2-3,5-6,9-11,17-18,20-21,28-29H,4,7-8H2,1H3,(H,25,26)(H2,30,31,32)/t11-,17+,18-,20+,21-/m0/s1. The van der Waals surface area contributed by atoms with Gasteiger partial charge in [0.05, 0.1) is 36.5 Å². The molecule has 3 heterocycles. The number of aromatic nitrogens is 3. The highest BCUT2D eigenvalue weighted by Gasteiger charge is 2.45. The maximum absolute atomic E-state index is 14.2. The third-order valence-electron chi connectivity index (χ3n) is 5.54. The molecule has 12 nitrogen and oxygen atoms in total. The Kier molecular flexibility index (Phi) is 8.25. The number of hydrogen-bond donors (Lipinski definition) is 5. The maximum atomic E-state index is 14.2. The highest BCUT2D eigenvalue weighted by atomic mass is 35.5. The molecule has 36 heavy (non-hydrogen) atoms. The third-order valence-corrected chi connectivity index (χ3v) is 6.26. The Hall–Kier alpha value is -2.19. The summed E-state index contributed by atoms with van der Waals surface area (Å²) in [6, 6.07) is 7.52. The Balaban J connectivity index is 1.49. The second-order valence-corrected chi connectivity index (χ2v) is 9.76. The van der Waals surface area contributed by atoms with Crippen LogP contribution < -0.4 is 5.32 Å². The third kappa shape index (κ3) is 6.02. The molecule has 0 radical (unpaired) electrons. The molecule has 1 aliphatic heterocycles. The molecule has 15 heteroatoms. The summed E-state index contributed by atoms with van der Waals surface area (Å²) in [5.74, 6) is -0.361. The van der Waals surface area contributed by atoms with E-state index >= 15 is 0 Å². The predicted molar refractivity (Wildman–Crippen MR) is 125 cm³/mol. The lowest BCUT2D eigenvalue weighted by atomic mass is 10.1. The second-order valence-electron chi connectivity index (χ2n) is 8.13. The molecule has 196 valence electrons. The van der Waals surface area contributed by atoms with Crippen LogP contribution in [0, 0.1) is 5.82 Å². The molecule has 1 saturated heterocycles. The van der Waals surface area contributed by atoms with Crippen molar-refractivity contribution in [2.45, 2.75) is 44.1 Å². The predicted octanol–water partition coefficient (Wildman–Crippen LogP) is 2.49. The van der Waals surface area contributed by atoms with Crippen molar-refractivity contribution < 1.29 is 43.0 Å². The van der Waals surface area contributed by atoms with Crippen molar-refractivity contribution in [1.29, 1.82) is 0 Å². The van der Waals surface area contributed by atoms with E-state index in [1.54, 1.807) is 31.2 Å². The van der Waals surface area contributed by atoms with E-state index in [-0.39, 0.29) is 36.3 Å². The van der Waals surface area contributed by atoms with Crippen LogP contribution in [0.3, 0.4) is 0 Å². The Morgan fingerprint density at radius 2 is 2.03 bits per heavy atom. The monoisotopic (exact) mass is 546 g/mol. The molecule has 4 rings (SSSR count). The summed E-state index contributed by atoms with van der Waals surface area (Å²) in [5, 5.41) is 29.0. The topological polar surface area (TPSA) is 168 Å². The molecule has 5 atom stereocenters. The fourth-order valence-electron chi connectivity index (χ4n) is 3.84. The van der Waals surface area contributed by atoms with Crippen LogP contribution in [0.1, 0.15) is 31.2 Å². The number of halogens is 2. The number of ether oxygens (including phenoxy) is 2. The molecule has 1 aliphatic rings. The number of fused-ring (bicyclic) bond motifs is 1. The van der Waals surface area contributed by atoms with E-state index in [2.05, 4.69) is 19.9 Å². The van der Waals surface area contributed by atoms with Crippen molar-refractivity contribution >= 4 is 36.1 Å². The van der Waals surface area contributed by atoms with Gasteiger partial charge in [0.1, 0.15) is 23.2 Å². The average molecular weight is 547 g/mol. The van der Waals surface area contributed by atoms with Gasteiger partial charge in [0.15, 0.2) is 18.2 Å². The molecule has 0 amide bonds. The number of phosphoric acid groups is 1. The van der Waals surface area contributed by atoms with Crippen molar-refractivity contribution in [3.8, 4) is 0 Å². The van der Waals surface area contributed by atoms with E-state index in [0.29, 0.717) is 16.6 Å². The summed E-state index contributed by atoms with van der Waals surface area (Å²) in [7, 11) is -4.59. The van der Waals surface area contributed by atoms with Crippen LogP contribution in [0.4, 0.5) is 10.1 Å². The second kappa shape index (κ2) is 11.1. The first kappa shape index (κ1) is 26.9. The molecule has 5 N–H and O–H groups in total. The zero-order chi connectivity index (χ0) is 26.0. The van der Waals surface area contributed by atoms with Gasteiger partial charge in [-0.05, 0) is 25.5 Å². The van der Waals surface area contributed by atoms with E-state index in [1.807, 2.05) is 0 Å². The van der Waals surface area contributed by atoms with E-state index in [1.165, 1.54) is 16.9 Å². The lowest BCUT2D eigenvalue weighted by Crippen LogP contribution is -2.33. The molecule has 3 aromatic rings. The summed E-state index contributed by atoms with van der Waals surface area (Å²) in [4.78, 5) is 21.7. The summed E-state index contributed by atoms with van der Waals surface area (Å²) in [6.07, 6.45) is -3.69. The van der Waals surface area contributed by atoms with Gasteiger partial charge in [-0.25, -0.2) is 18.6 Å². The zero-order valence-electron chi connectivity index (χ0n) is 18.9. The number of phosphoric ester groups is 1. The van der Waals surface area contributed by atoms with E-state index in [0.717, 1.165) is 0 Å². The Bertz CT molecular complexity index is 1260. The van der Waals surface area contributed by atoms with Gasteiger partial charge < -0.3 is 34.8 Å². The van der Waals surface area contributed by atoms with Gasteiger partial charge >= 0.3 is 7.82 Å². The summed E-state index contributed by atoms with van der Waals surface area (Å²) < 4.78 is 41.6. The normalized spacial score (nSPS) is 23.3. The first-order valence-corrected chi connectivity index (χ1v) is 12.8. The molecule has 0 unspecified atom stereocenters. The first-order chi connectivity index (χ1) is 17.0. The Labute approximate surface area is 209 Å². The van der Waals surface area contributed by atoms with Crippen LogP contribution in [0.2, 0.25) is 5.15 Å². The molecule has 0 saturated carbocycles. The quantitative estimate of drug-likeness (QED) is 0.144. The summed E-state index contributed by atoms with van der Waals surface area (Å²) in [6.45, 7) is 1.45. The van der Waals surface area contributed by atoms with Gasteiger partial charge in [-0.2, -0.15) is 5.10 Å². The van der Waals surface area contributed by atoms with Crippen molar-refractivity contribution in [3.05, 3.63) is 53.1 Å². The smallest absolute Gasteiger partial charge is 0.385 e. The lowest BCUT2D eigenvalue weighted by molar-refractivity contribution is -0.178. The van der Waals surface area contributed by atoms with Crippen LogP contribution in [0.25, 0.3) is 11.0 Å². The summed E-state index contributed by atoms with van der Waals surface area (Å²) >= 11 is 6.23. The molecule has 0 bridgehead atoms. The number of nitrogens with one attached hydrogen (secondary N) is 1. The Morgan fingerprint density at radius 3 is 2.75 bits per heavy atom. The number of aliphatic hydroxyl groups excluding tert-OH is 2. The van der Waals surface area contributed by atoms with Crippen molar-refractivity contribution in [1.82, 2.24) is 14.8 Å². The molecule has 2 aromatic heterocycles. The highest BCUT2D eigenvalue weighted by molar-refractivity contribution is 7.46. The van der Waals surface area contributed by atoms with E-state index in [4.69, 9.17) is 30.9 Å². The largest absolute Gasteiger partial charge is 0.469 e. The number of benzene rings is 1. The number of hydrogen-bond acceptors (Lipinski definition) is 9. The minimum atomic E-state index is -4.59. The molecule has 0 spiro atoms. The van der Waals surface area contributed by atoms with Crippen LogP contribution in [-0.2, 0) is 18.6 Å². The molecular weight excluding hydrogens is 522 g/mol. The van der Waals surface area contributed by atoms with Gasteiger partial charge in [0, 0.05) is 5.56 Å². The van der Waals surface area contributed by atoms with Crippen LogP contribution in [0.15, 0.2) is 36.5 Å². The van der Waals surface area contributed by atoms with Crippen molar-refractivity contribution in [3.63, 3.8) is 0 Å². The van der Waals surface area contributed by atoms with Crippen LogP contribution in [0.5, 0.6) is 0 Å². The highest BCUT2D eigenvalue weighted by Crippen LogP contribution is 2.37. The number of nitrogens with zero attached hydrogens (tertiary/aromatic N) is 3.